The second-order valence-corrected chi connectivity index (χ2v) is 4.17. The molecule has 20 heavy (non-hydrogen) atoms. The van der Waals surface area contributed by atoms with Gasteiger partial charge in [-0.2, -0.15) is 10.5 Å². The third-order valence-electron chi connectivity index (χ3n) is 2.72. The lowest BCUT2D eigenvalue weighted by atomic mass is 10.2. The third kappa shape index (κ3) is 2.82. The topological polar surface area (TPSA) is 111 Å². The molecule has 2 rings (SSSR count). The maximum Gasteiger partial charge on any atom is 0.179 e. The zero-order chi connectivity index (χ0) is 14.5. The molecule has 98 valence electrons. The Kier molecular flexibility index (Phi) is 3.78. The number of benzene rings is 1. The number of rotatable bonds is 3. The van der Waals surface area contributed by atoms with Gasteiger partial charge in [-0.15, -0.1) is 0 Å². The van der Waals surface area contributed by atoms with Crippen molar-refractivity contribution in [3.63, 3.8) is 0 Å². The lowest BCUT2D eigenvalue weighted by Crippen LogP contribution is -2.07. The largest absolute Gasteiger partial charge is 0.399 e. The first-order valence-electron chi connectivity index (χ1n) is 5.91. The van der Waals surface area contributed by atoms with Gasteiger partial charge in [-0.05, 0) is 24.6 Å². The second-order valence-electron chi connectivity index (χ2n) is 4.17. The van der Waals surface area contributed by atoms with E-state index < -0.39 is 0 Å². The van der Waals surface area contributed by atoms with Gasteiger partial charge in [-0.3, -0.25) is 0 Å². The molecule has 0 aliphatic rings. The Labute approximate surface area is 116 Å². The van der Waals surface area contributed by atoms with E-state index in [9.17, 15) is 0 Å². The molecular weight excluding hydrogens is 252 g/mol. The van der Waals surface area contributed by atoms with Crippen molar-refractivity contribution in [2.75, 3.05) is 11.1 Å². The number of nitrogen functional groups attached to an aromatic ring is 1. The molecule has 0 saturated heterocycles. The fourth-order valence-corrected chi connectivity index (χ4v) is 1.66. The first-order valence-corrected chi connectivity index (χ1v) is 5.91. The van der Waals surface area contributed by atoms with E-state index in [1.54, 1.807) is 6.92 Å². The lowest BCUT2D eigenvalue weighted by molar-refractivity contribution is 1.02. The molecule has 1 aromatic carbocycles. The summed E-state index contributed by atoms with van der Waals surface area (Å²) in [6.45, 7) is 2.27. The monoisotopic (exact) mass is 264 g/mol. The van der Waals surface area contributed by atoms with E-state index in [-0.39, 0.29) is 11.4 Å². The number of nitrogens with two attached hydrogens (primary N) is 1. The van der Waals surface area contributed by atoms with E-state index in [4.69, 9.17) is 16.3 Å². The van der Waals surface area contributed by atoms with Gasteiger partial charge in [0.25, 0.3) is 0 Å². The van der Waals surface area contributed by atoms with Crippen LogP contribution in [0, 0.1) is 29.6 Å². The van der Waals surface area contributed by atoms with Crippen LogP contribution < -0.4 is 11.1 Å². The molecule has 1 heterocycles. The highest BCUT2D eigenvalue weighted by Crippen LogP contribution is 2.14. The summed E-state index contributed by atoms with van der Waals surface area (Å²) < 4.78 is 0. The van der Waals surface area contributed by atoms with Crippen molar-refractivity contribution in [3.05, 3.63) is 46.9 Å². The highest BCUT2D eigenvalue weighted by atomic mass is 15.0. The van der Waals surface area contributed by atoms with Crippen LogP contribution in [0.25, 0.3) is 0 Å². The van der Waals surface area contributed by atoms with Crippen LogP contribution in [0.1, 0.15) is 22.6 Å². The highest BCUT2D eigenvalue weighted by molar-refractivity contribution is 5.48. The minimum atomic E-state index is 0.0258. The van der Waals surface area contributed by atoms with E-state index in [0.29, 0.717) is 23.7 Å². The van der Waals surface area contributed by atoms with Crippen LogP contribution >= 0.6 is 0 Å². The molecule has 0 spiro atoms. The van der Waals surface area contributed by atoms with Crippen LogP contribution in [0.2, 0.25) is 0 Å². The van der Waals surface area contributed by atoms with Crippen molar-refractivity contribution in [3.8, 4) is 12.1 Å². The van der Waals surface area contributed by atoms with E-state index >= 15 is 0 Å². The summed E-state index contributed by atoms with van der Waals surface area (Å²) in [6.07, 6.45) is 0. The van der Waals surface area contributed by atoms with Gasteiger partial charge >= 0.3 is 0 Å². The van der Waals surface area contributed by atoms with Crippen molar-refractivity contribution in [1.82, 2.24) is 9.97 Å². The first kappa shape index (κ1) is 13.3. The van der Waals surface area contributed by atoms with Gasteiger partial charge in [-0.1, -0.05) is 12.1 Å². The summed E-state index contributed by atoms with van der Waals surface area (Å²) in [6, 6.07) is 11.2. The summed E-state index contributed by atoms with van der Waals surface area (Å²) in [5, 5.41) is 20.9. The molecule has 0 saturated carbocycles. The molecule has 0 bridgehead atoms. The molecule has 0 atom stereocenters. The summed E-state index contributed by atoms with van der Waals surface area (Å²) >= 11 is 0. The standard InChI is InChI=1S/C14H12N6/c1-9-14(20-13(7-16)12(6-15)19-9)18-8-10-2-4-11(17)5-3-10/h2-5H,8,17H2,1H3,(H,18,20). The van der Waals surface area contributed by atoms with Crippen LogP contribution in [-0.4, -0.2) is 9.97 Å². The van der Waals surface area contributed by atoms with Crippen molar-refractivity contribution in [2.45, 2.75) is 13.5 Å². The number of anilines is 2. The predicted octanol–water partition coefficient (Wildman–Crippen LogP) is 1.72. The van der Waals surface area contributed by atoms with Gasteiger partial charge in [0.15, 0.2) is 11.4 Å². The lowest BCUT2D eigenvalue weighted by Gasteiger charge is -2.09. The SMILES string of the molecule is Cc1nc(C#N)c(C#N)nc1NCc1ccc(N)cc1. The van der Waals surface area contributed by atoms with E-state index in [1.165, 1.54) is 0 Å². The minimum Gasteiger partial charge on any atom is -0.399 e. The Hall–Kier alpha value is -3.12. The Morgan fingerprint density at radius 2 is 1.70 bits per heavy atom. The van der Waals surface area contributed by atoms with Gasteiger partial charge in [0.2, 0.25) is 0 Å². The number of aromatic nitrogens is 2. The number of nitriles is 2. The molecule has 0 radical (unpaired) electrons. The Morgan fingerprint density at radius 1 is 1.10 bits per heavy atom. The Morgan fingerprint density at radius 3 is 2.30 bits per heavy atom. The van der Waals surface area contributed by atoms with Crippen LogP contribution in [0.4, 0.5) is 11.5 Å². The molecule has 0 fully saturated rings. The molecule has 0 aliphatic heterocycles. The maximum atomic E-state index is 8.94. The molecule has 2 aromatic rings. The highest BCUT2D eigenvalue weighted by Gasteiger charge is 2.10. The van der Waals surface area contributed by atoms with Crippen LogP contribution in [0.15, 0.2) is 24.3 Å². The smallest absolute Gasteiger partial charge is 0.179 e. The van der Waals surface area contributed by atoms with Gasteiger partial charge in [-0.25, -0.2) is 9.97 Å². The molecule has 6 nitrogen and oxygen atoms in total. The molecule has 3 N–H and O–H groups in total. The second kappa shape index (κ2) is 5.68. The van der Waals surface area contributed by atoms with Gasteiger partial charge in [0.1, 0.15) is 18.0 Å². The zero-order valence-electron chi connectivity index (χ0n) is 10.9. The van der Waals surface area contributed by atoms with Crippen molar-refractivity contribution in [1.29, 1.82) is 10.5 Å². The molecule has 1 aromatic heterocycles. The van der Waals surface area contributed by atoms with E-state index in [2.05, 4.69) is 15.3 Å². The van der Waals surface area contributed by atoms with Crippen molar-refractivity contribution in [2.24, 2.45) is 0 Å². The third-order valence-corrected chi connectivity index (χ3v) is 2.72. The summed E-state index contributed by atoms with van der Waals surface area (Å²) in [7, 11) is 0. The molecule has 6 heteroatoms. The zero-order valence-corrected chi connectivity index (χ0v) is 10.9. The van der Waals surface area contributed by atoms with Gasteiger partial charge in [0.05, 0.1) is 5.69 Å². The number of nitrogens with zero attached hydrogens (tertiary/aromatic N) is 4. The van der Waals surface area contributed by atoms with Crippen LogP contribution in [0.3, 0.4) is 0 Å². The van der Waals surface area contributed by atoms with Gasteiger partial charge in [0, 0.05) is 12.2 Å². The Balaban J connectivity index is 2.20. The van der Waals surface area contributed by atoms with Crippen LogP contribution in [-0.2, 0) is 6.54 Å². The average molecular weight is 264 g/mol. The summed E-state index contributed by atoms with van der Waals surface area (Å²) in [4.78, 5) is 8.17. The molecule has 0 unspecified atom stereocenters. The fourth-order valence-electron chi connectivity index (χ4n) is 1.66. The molecular formula is C14H12N6. The van der Waals surface area contributed by atoms with Crippen LogP contribution in [0.5, 0.6) is 0 Å². The summed E-state index contributed by atoms with van der Waals surface area (Å²) in [5.74, 6) is 0.498. The normalized spacial score (nSPS) is 9.55. The number of hydrogen-bond acceptors (Lipinski definition) is 6. The number of hydrogen-bond donors (Lipinski definition) is 2. The van der Waals surface area contributed by atoms with Crippen molar-refractivity contribution < 1.29 is 0 Å². The van der Waals surface area contributed by atoms with Gasteiger partial charge < -0.3 is 11.1 Å². The quantitative estimate of drug-likeness (QED) is 0.816. The van der Waals surface area contributed by atoms with E-state index in [1.807, 2.05) is 36.4 Å². The molecule has 0 aliphatic carbocycles. The average Bonchev–Trinajstić information content (AvgIpc) is 2.47. The first-order chi connectivity index (χ1) is 9.63. The number of nitrogens with one attached hydrogen (secondary N) is 1. The summed E-state index contributed by atoms with van der Waals surface area (Å²) in [5.41, 5.74) is 8.00. The molecule has 0 amide bonds. The maximum absolute atomic E-state index is 8.94. The van der Waals surface area contributed by atoms with E-state index in [0.717, 1.165) is 5.56 Å². The minimum absolute atomic E-state index is 0.0258. The predicted molar refractivity (Wildman–Crippen MR) is 74.4 cm³/mol. The van der Waals surface area contributed by atoms with Crippen molar-refractivity contribution >= 4 is 11.5 Å². The number of aryl methyl sites for hydroxylation is 1. The Bertz CT molecular complexity index is 706. The fraction of sp³-hybridized carbons (Fsp3) is 0.143.